The van der Waals surface area contributed by atoms with E-state index in [1.165, 1.54) is 23.1 Å². The molecular weight excluding hydrogens is 1070 g/mol. The van der Waals surface area contributed by atoms with Gasteiger partial charge in [-0.1, -0.05) is 12.8 Å². The Labute approximate surface area is 477 Å². The number of likely N-dealkylation sites (N-methyl/N-ethyl adjacent to an activating group) is 1. The normalized spacial score (nSPS) is 23.8. The summed E-state index contributed by atoms with van der Waals surface area (Å²) in [6, 6.07) is 4.82. The van der Waals surface area contributed by atoms with Crippen molar-refractivity contribution in [3.63, 3.8) is 0 Å². The van der Waals surface area contributed by atoms with Gasteiger partial charge >= 0.3 is 12.1 Å². The Morgan fingerprint density at radius 2 is 1.09 bits per heavy atom. The number of nitrogens with two attached hydrogens (primary N) is 2. The van der Waals surface area contributed by atoms with Crippen LogP contribution in [0.3, 0.4) is 0 Å². The van der Waals surface area contributed by atoms with E-state index < -0.39 is 17.8 Å². The molecule has 0 bridgehead atoms. The molecule has 4 aliphatic heterocycles. The van der Waals surface area contributed by atoms with Crippen LogP contribution in [0.5, 0.6) is 0 Å². The minimum atomic E-state index is -0.581. The van der Waals surface area contributed by atoms with Gasteiger partial charge in [-0.05, 0) is 56.7 Å². The number of thioether (sulfide) groups is 2. The highest BCUT2D eigenvalue weighted by Crippen LogP contribution is 2.48. The zero-order valence-corrected chi connectivity index (χ0v) is 47.7. The predicted molar refractivity (Wildman–Crippen MR) is 308 cm³/mol. The third kappa shape index (κ3) is 20.7. The summed E-state index contributed by atoms with van der Waals surface area (Å²) < 4.78 is 28.3. The highest BCUT2D eigenvalue weighted by atomic mass is 32.2. The van der Waals surface area contributed by atoms with Crippen molar-refractivity contribution < 1.29 is 52.5 Å². The topological polar surface area (TPSA) is 325 Å². The van der Waals surface area contributed by atoms with Gasteiger partial charge in [-0.15, -0.1) is 11.8 Å². The Kier molecular flexibility index (Phi) is 25.7. The maximum absolute atomic E-state index is 13.4. The molecule has 1 aromatic carbocycles. The third-order valence-electron chi connectivity index (χ3n) is 14.6. The minimum Gasteiger partial charge on any atom is -0.445 e. The van der Waals surface area contributed by atoms with E-state index in [9.17, 15) is 28.8 Å². The van der Waals surface area contributed by atoms with Crippen molar-refractivity contribution in [3.05, 3.63) is 29.3 Å². The highest BCUT2D eigenvalue weighted by Gasteiger charge is 2.52. The number of aliphatic imine (C=N–C) groups is 2. The van der Waals surface area contributed by atoms with Crippen molar-refractivity contribution in [1.82, 2.24) is 42.1 Å². The maximum Gasteiger partial charge on any atom is 0.409 e. The van der Waals surface area contributed by atoms with E-state index in [0.29, 0.717) is 85.4 Å². The summed E-state index contributed by atoms with van der Waals surface area (Å²) in [5.41, 5.74) is 12.1. The van der Waals surface area contributed by atoms with Crippen molar-refractivity contribution in [2.24, 2.45) is 33.3 Å². The molecule has 7 rings (SSSR count). The second-order valence-corrected chi connectivity index (χ2v) is 23.2. The predicted octanol–water partition coefficient (Wildman–Crippen LogP) is 1.49. The van der Waals surface area contributed by atoms with Crippen LogP contribution >= 0.6 is 23.5 Å². The molecule has 3 fully saturated rings. The number of anilines is 1. The quantitative estimate of drug-likeness (QED) is 0.0340. The molecule has 1 unspecified atom stereocenters. The van der Waals surface area contributed by atoms with Crippen molar-refractivity contribution in [1.29, 1.82) is 0 Å². The summed E-state index contributed by atoms with van der Waals surface area (Å²) >= 11 is 3.82. The van der Waals surface area contributed by atoms with Crippen LogP contribution in [0.1, 0.15) is 97.8 Å². The molecule has 0 aromatic heterocycles. The average Bonchev–Trinajstić information content (AvgIpc) is 4.00. The van der Waals surface area contributed by atoms with Gasteiger partial charge in [0.25, 0.3) is 11.8 Å². The number of guanidine groups is 2. The molecule has 1 aromatic rings. The largest absolute Gasteiger partial charge is 0.445 e. The van der Waals surface area contributed by atoms with E-state index in [0.717, 1.165) is 75.7 Å². The number of unbranched alkanes of at least 4 members (excludes halogenated alkanes) is 2. The monoisotopic (exact) mass is 1150 g/mol. The van der Waals surface area contributed by atoms with E-state index in [1.54, 1.807) is 7.05 Å². The van der Waals surface area contributed by atoms with E-state index >= 15 is 0 Å². The van der Waals surface area contributed by atoms with Gasteiger partial charge in [-0.2, -0.15) is 23.5 Å². The number of urea groups is 1. The number of carbonyl (C=O) groups excluding carboxylic acids is 6. The Hall–Kier alpha value is -5.72. The summed E-state index contributed by atoms with van der Waals surface area (Å²) in [4.78, 5) is 87.7. The highest BCUT2D eigenvalue weighted by molar-refractivity contribution is 8.00. The molecule has 2 saturated heterocycles. The van der Waals surface area contributed by atoms with Gasteiger partial charge in [0.05, 0.1) is 77.0 Å². The molecule has 2 aliphatic carbocycles. The second kappa shape index (κ2) is 33.3. The lowest BCUT2D eigenvalue weighted by molar-refractivity contribution is -0.122. The number of hydrogen-bond acceptors (Lipinski definition) is 19. The number of hydrogen-bond donors (Lipinski definition) is 10. The van der Waals surface area contributed by atoms with Crippen LogP contribution in [-0.4, -0.2) is 204 Å². The number of nitrogens with one attached hydrogen (secondary N) is 8. The summed E-state index contributed by atoms with van der Waals surface area (Å²) in [5.74, 6) is 9.09. The number of rotatable bonds is 35. The first-order chi connectivity index (χ1) is 38.9. The fourth-order valence-electron chi connectivity index (χ4n) is 10.3. The number of benzene rings is 1. The molecule has 12 N–H and O–H groups in total. The van der Waals surface area contributed by atoms with Crippen molar-refractivity contribution in [3.8, 4) is 11.8 Å². The lowest BCUT2D eigenvalue weighted by Gasteiger charge is -2.17. The van der Waals surface area contributed by atoms with Gasteiger partial charge in [-0.25, -0.2) is 19.6 Å². The van der Waals surface area contributed by atoms with Gasteiger partial charge in [0.2, 0.25) is 11.8 Å². The van der Waals surface area contributed by atoms with Gasteiger partial charge in [0.15, 0.2) is 11.9 Å². The molecule has 24 nitrogen and oxygen atoms in total. The Morgan fingerprint density at radius 3 is 1.60 bits per heavy atom. The van der Waals surface area contributed by atoms with Crippen LogP contribution in [0.2, 0.25) is 0 Å². The number of fused-ring (bicyclic) bond motifs is 3. The van der Waals surface area contributed by atoms with E-state index in [1.807, 2.05) is 23.5 Å². The van der Waals surface area contributed by atoms with Gasteiger partial charge < -0.3 is 82.6 Å². The fourth-order valence-corrected chi connectivity index (χ4v) is 13.3. The van der Waals surface area contributed by atoms with E-state index in [4.69, 9.17) is 35.2 Å². The lowest BCUT2D eigenvalue weighted by Crippen LogP contribution is -2.38. The molecule has 7 amide bonds. The second-order valence-electron chi connectivity index (χ2n) is 20.6. The van der Waals surface area contributed by atoms with Gasteiger partial charge in [-0.3, -0.25) is 19.2 Å². The van der Waals surface area contributed by atoms with Gasteiger partial charge in [0.1, 0.15) is 6.10 Å². The maximum atomic E-state index is 13.4. The molecule has 6 aliphatic rings. The molecule has 4 heterocycles. The molecular formula is C54H83N13O11S2. The third-order valence-corrected chi connectivity index (χ3v) is 17.6. The van der Waals surface area contributed by atoms with Crippen molar-refractivity contribution in [2.45, 2.75) is 118 Å². The Bertz CT molecular complexity index is 2240. The number of ether oxygens (including phenoxy) is 5. The summed E-state index contributed by atoms with van der Waals surface area (Å²) in [6.07, 6.45) is 9.50. The van der Waals surface area contributed by atoms with Crippen LogP contribution in [0.25, 0.3) is 0 Å². The number of carbonyl (C=O) groups is 6. The zero-order valence-electron chi connectivity index (χ0n) is 46.0. The molecule has 442 valence electrons. The molecule has 0 radical (unpaired) electrons. The minimum absolute atomic E-state index is 0.0300. The SMILES string of the molecule is CN(CCOCCOCCNC(=O)Nc1cc(C(=O)NCCOCCNC(=O)CCCC[C@@H]2SC[C@@H]3NC(N)=N[C@@H]32)cc(C(=O)NCCOCCNC(=O)CCCC[C@@H]2SC[C@@H]3NC(N)=N[C@@H]32)c1)C(=O)OC1[C@H]2CCC#CCC[C@@H]12. The molecule has 1 saturated carbocycles. The van der Waals surface area contributed by atoms with Crippen LogP contribution in [-0.2, 0) is 33.3 Å². The van der Waals surface area contributed by atoms with Crippen LogP contribution in [0, 0.1) is 23.7 Å². The van der Waals surface area contributed by atoms with Crippen molar-refractivity contribution >= 4 is 76.9 Å². The Balaban J connectivity index is 0.754. The standard InChI is InChI=1S/C54H83N13O11S2/c1-67(54(73)78-48-38-10-4-2-3-5-11-39(38)48)21-27-77-29-28-76-26-20-61-53(72)62-37-31-35(49(70)59-18-24-74-22-16-57-44(68)14-8-6-12-42-46-40(33-79-42)63-51(55)65-46)30-36(32-37)50(71)60-19-25-75-23-17-58-45(69)15-9-7-13-43-47-41(34-80-43)64-52(56)66-47/h30-32,38-43,46-48H,4-29,33-34H2,1H3,(H,57,68)(H,58,69)(H,59,70)(H,60,71)(H3,55,63,65)(H3,56,64,66)(H2,61,62,72)/t38-,39+,40-,41-,42-,43-,46-,47-,48?/m0/s1. The average molecular weight is 1150 g/mol. The molecule has 0 spiro atoms. The molecule has 26 heteroatoms. The van der Waals surface area contributed by atoms with Crippen LogP contribution in [0.15, 0.2) is 28.2 Å². The van der Waals surface area contributed by atoms with Crippen LogP contribution < -0.4 is 54.0 Å². The molecule has 80 heavy (non-hydrogen) atoms. The first-order valence-corrected chi connectivity index (χ1v) is 30.4. The summed E-state index contributed by atoms with van der Waals surface area (Å²) in [7, 11) is 1.69. The zero-order chi connectivity index (χ0) is 56.5. The number of nitrogens with zero attached hydrogens (tertiary/aromatic N) is 3. The molecule has 9 atom stereocenters. The summed E-state index contributed by atoms with van der Waals surface area (Å²) in [6.45, 7) is 3.40. The van der Waals surface area contributed by atoms with E-state index in [-0.39, 0.29) is 119 Å². The Morgan fingerprint density at radius 1 is 0.625 bits per heavy atom. The smallest absolute Gasteiger partial charge is 0.409 e. The number of amides is 7. The van der Waals surface area contributed by atoms with Gasteiger partial charge in [0, 0.05) is 123 Å². The summed E-state index contributed by atoms with van der Waals surface area (Å²) in [5, 5.41) is 24.0. The van der Waals surface area contributed by atoms with E-state index in [2.05, 4.69) is 64.4 Å². The first-order valence-electron chi connectivity index (χ1n) is 28.3. The fraction of sp³-hybridized carbons (Fsp3) is 0.704. The van der Waals surface area contributed by atoms with Crippen molar-refractivity contribution in [2.75, 3.05) is 116 Å². The van der Waals surface area contributed by atoms with Crippen LogP contribution in [0.4, 0.5) is 15.3 Å². The first kappa shape index (κ1) is 61.9. The lowest BCUT2D eigenvalue weighted by atomic mass is 10.0.